The lowest BCUT2D eigenvalue weighted by Crippen LogP contribution is -2.60. The number of hydrogen-bond acceptors (Lipinski definition) is 8. The first-order valence-electron chi connectivity index (χ1n) is 13.8. The van der Waals surface area contributed by atoms with Crippen LogP contribution in [0.3, 0.4) is 0 Å². The van der Waals surface area contributed by atoms with Gasteiger partial charge in [0.2, 0.25) is 5.91 Å². The molecule has 212 valence electrons. The van der Waals surface area contributed by atoms with Gasteiger partial charge in [-0.3, -0.25) is 9.59 Å². The zero-order valence-corrected chi connectivity index (χ0v) is 23.2. The molecule has 0 radical (unpaired) electrons. The van der Waals surface area contributed by atoms with Crippen LogP contribution in [0.25, 0.3) is 0 Å². The van der Waals surface area contributed by atoms with Crippen LogP contribution < -0.4 is 14.8 Å². The van der Waals surface area contributed by atoms with Gasteiger partial charge < -0.3 is 29.0 Å². The molecule has 4 saturated carbocycles. The molecule has 0 aliphatic heterocycles. The summed E-state index contributed by atoms with van der Waals surface area (Å²) < 4.78 is 26.4. The zero-order valence-electron chi connectivity index (χ0n) is 23.2. The third-order valence-corrected chi connectivity index (χ3v) is 9.50. The summed E-state index contributed by atoms with van der Waals surface area (Å²) in [4.78, 5) is 39.3. The molecule has 1 N–H and O–H groups in total. The molecule has 2 unspecified atom stereocenters. The number of anilines is 1. The van der Waals surface area contributed by atoms with Crippen molar-refractivity contribution in [2.45, 2.75) is 51.9 Å². The molecule has 1 spiro atoms. The van der Waals surface area contributed by atoms with Crippen LogP contribution in [-0.2, 0) is 23.8 Å². The molecule has 1 aromatic rings. The number of benzene rings is 1. The summed E-state index contributed by atoms with van der Waals surface area (Å²) in [6.07, 6.45) is 10.7. The van der Waals surface area contributed by atoms with Crippen LogP contribution >= 0.6 is 0 Å². The maximum atomic E-state index is 13.4. The van der Waals surface area contributed by atoms with Crippen molar-refractivity contribution in [1.82, 2.24) is 0 Å². The van der Waals surface area contributed by atoms with Crippen LogP contribution in [0.4, 0.5) is 5.69 Å². The third kappa shape index (κ3) is 4.95. The molecule has 9 nitrogen and oxygen atoms in total. The molecular weight excluding hydrogens is 502 g/mol. The monoisotopic (exact) mass is 541 g/mol. The molecule has 4 fully saturated rings. The molecule has 0 saturated heterocycles. The van der Waals surface area contributed by atoms with Crippen molar-refractivity contribution < 1.29 is 38.1 Å². The van der Waals surface area contributed by atoms with Gasteiger partial charge in [0.1, 0.15) is 17.0 Å². The van der Waals surface area contributed by atoms with E-state index in [1.807, 2.05) is 0 Å². The quantitative estimate of drug-likeness (QED) is 0.316. The van der Waals surface area contributed by atoms with Crippen molar-refractivity contribution in [3.8, 4) is 11.5 Å². The van der Waals surface area contributed by atoms with Crippen molar-refractivity contribution in [1.29, 1.82) is 0 Å². The number of ether oxygens (including phenoxy) is 5. The number of hydrogen-bond donors (Lipinski definition) is 1. The smallest absolute Gasteiger partial charge is 0.341 e. The Bertz CT molecular complexity index is 1150. The molecule has 0 heterocycles. The molecule has 9 heteroatoms. The Labute approximate surface area is 229 Å². The highest BCUT2D eigenvalue weighted by Gasteiger charge is 2.63. The lowest BCUT2D eigenvalue weighted by atomic mass is 9.38. The highest BCUT2D eigenvalue weighted by Crippen LogP contribution is 2.69. The van der Waals surface area contributed by atoms with Crippen LogP contribution in [0.5, 0.6) is 11.5 Å². The fourth-order valence-corrected chi connectivity index (χ4v) is 8.40. The average Bonchev–Trinajstić information content (AvgIpc) is 2.91. The number of methoxy groups -OCH3 is 3. The van der Waals surface area contributed by atoms with Crippen molar-refractivity contribution in [3.05, 3.63) is 29.8 Å². The van der Waals surface area contributed by atoms with E-state index in [1.165, 1.54) is 46.7 Å². The van der Waals surface area contributed by atoms with Gasteiger partial charge in [-0.2, -0.15) is 0 Å². The van der Waals surface area contributed by atoms with E-state index in [0.29, 0.717) is 12.3 Å². The number of esters is 1. The van der Waals surface area contributed by atoms with Crippen LogP contribution in [0, 0.1) is 34.5 Å². The van der Waals surface area contributed by atoms with E-state index < -0.39 is 11.4 Å². The standard InChI is InChI=1S/C30H39NO8/c1-29(23(32)7-10-30-14-18-11-19(15-30)13-20(12-18)27(29)30)9-8-24(33)31-25-22(38-16-35-2)6-5-21(28(34)37-4)26(25)39-17-36-3/h5-7,10,18-20,27H,8-9,11-17H2,1-4H3,(H,31,33)/t18?,19?,20?,27-,29+,30?/m0/s1. The van der Waals surface area contributed by atoms with E-state index in [9.17, 15) is 14.4 Å². The SMILES string of the molecule is COCOc1ccc(C(=O)OC)c(OCOC)c1NC(=O)CC[C@]1(C)C(=O)C=CC23CC4CC(CC(C4)[C@H]21)C3. The normalized spacial score (nSPS) is 32.1. The number of ketones is 1. The van der Waals surface area contributed by atoms with Crippen molar-refractivity contribution in [2.75, 3.05) is 40.2 Å². The van der Waals surface area contributed by atoms with Crippen LogP contribution in [0.15, 0.2) is 24.3 Å². The van der Waals surface area contributed by atoms with E-state index in [-0.39, 0.29) is 65.8 Å². The van der Waals surface area contributed by atoms with Gasteiger partial charge in [-0.1, -0.05) is 13.0 Å². The molecule has 5 aliphatic rings. The first-order valence-corrected chi connectivity index (χ1v) is 13.8. The molecule has 1 aromatic carbocycles. The summed E-state index contributed by atoms with van der Waals surface area (Å²) in [5, 5.41) is 2.89. The number of carbonyl (C=O) groups excluding carboxylic acids is 3. The minimum atomic E-state index is -0.630. The van der Waals surface area contributed by atoms with Gasteiger partial charge in [0.05, 0.1) is 7.11 Å². The van der Waals surface area contributed by atoms with Crippen molar-refractivity contribution in [2.24, 2.45) is 34.5 Å². The van der Waals surface area contributed by atoms with E-state index in [0.717, 1.165) is 24.7 Å². The van der Waals surface area contributed by atoms with E-state index in [1.54, 1.807) is 12.1 Å². The zero-order chi connectivity index (χ0) is 27.8. The Kier molecular flexibility index (Phi) is 7.75. The third-order valence-electron chi connectivity index (χ3n) is 9.50. The second-order valence-corrected chi connectivity index (χ2v) is 11.9. The summed E-state index contributed by atoms with van der Waals surface area (Å²) >= 11 is 0. The van der Waals surface area contributed by atoms with Crippen LogP contribution in [-0.4, -0.2) is 52.6 Å². The van der Waals surface area contributed by atoms with E-state index in [2.05, 4.69) is 18.3 Å². The van der Waals surface area contributed by atoms with Gasteiger partial charge in [-0.05, 0) is 85.8 Å². The lowest BCUT2D eigenvalue weighted by molar-refractivity contribution is -0.160. The summed E-state index contributed by atoms with van der Waals surface area (Å²) in [7, 11) is 4.20. The van der Waals surface area contributed by atoms with Crippen LogP contribution in [0.2, 0.25) is 0 Å². The molecule has 5 aliphatic carbocycles. The summed E-state index contributed by atoms with van der Waals surface area (Å²) in [5.74, 6) is 1.88. The first kappa shape index (κ1) is 27.6. The fourth-order valence-electron chi connectivity index (χ4n) is 8.40. The molecule has 6 rings (SSSR count). The number of rotatable bonds is 11. The Balaban J connectivity index is 1.38. The first-order chi connectivity index (χ1) is 18.7. The van der Waals surface area contributed by atoms with E-state index >= 15 is 0 Å². The van der Waals surface area contributed by atoms with Gasteiger partial charge in [0.25, 0.3) is 0 Å². The lowest BCUT2D eigenvalue weighted by Gasteiger charge is -2.65. The number of carbonyl (C=O) groups is 3. The number of allylic oxidation sites excluding steroid dienone is 2. The van der Waals surface area contributed by atoms with Gasteiger partial charge in [0, 0.05) is 26.1 Å². The predicted molar refractivity (Wildman–Crippen MR) is 142 cm³/mol. The molecular formula is C30H39NO8. The topological polar surface area (TPSA) is 109 Å². The molecule has 0 aromatic heterocycles. The summed E-state index contributed by atoms with van der Waals surface area (Å²) in [6, 6.07) is 3.05. The Morgan fingerprint density at radius 1 is 1.00 bits per heavy atom. The average molecular weight is 542 g/mol. The Hall–Kier alpha value is -2.91. The highest BCUT2D eigenvalue weighted by molar-refractivity contribution is 6.01. The maximum absolute atomic E-state index is 13.4. The molecule has 1 amide bonds. The van der Waals surface area contributed by atoms with E-state index in [4.69, 9.17) is 23.7 Å². The second kappa shape index (κ2) is 10.9. The largest absolute Gasteiger partial charge is 0.465 e. The van der Waals surface area contributed by atoms with Gasteiger partial charge >= 0.3 is 5.97 Å². The molecule has 4 bridgehead atoms. The van der Waals surface area contributed by atoms with Gasteiger partial charge in [0.15, 0.2) is 25.1 Å². The fraction of sp³-hybridized carbons (Fsp3) is 0.633. The van der Waals surface area contributed by atoms with Crippen molar-refractivity contribution >= 4 is 23.3 Å². The minimum absolute atomic E-state index is 0.0732. The van der Waals surface area contributed by atoms with Gasteiger partial charge in [-0.15, -0.1) is 0 Å². The Morgan fingerprint density at radius 3 is 2.36 bits per heavy atom. The summed E-state index contributed by atoms with van der Waals surface area (Å²) in [5.41, 5.74) is -0.207. The van der Waals surface area contributed by atoms with Crippen LogP contribution in [0.1, 0.15) is 62.2 Å². The molecule has 39 heavy (non-hydrogen) atoms. The number of nitrogens with one attached hydrogen (secondary N) is 1. The Morgan fingerprint density at radius 2 is 1.69 bits per heavy atom. The van der Waals surface area contributed by atoms with Gasteiger partial charge in [-0.25, -0.2) is 4.79 Å². The van der Waals surface area contributed by atoms with Crippen molar-refractivity contribution in [3.63, 3.8) is 0 Å². The highest BCUT2D eigenvalue weighted by atomic mass is 16.7. The molecule has 4 atom stereocenters. The summed E-state index contributed by atoms with van der Waals surface area (Å²) in [6.45, 7) is 1.84. The maximum Gasteiger partial charge on any atom is 0.341 e. The second-order valence-electron chi connectivity index (χ2n) is 11.9. The predicted octanol–water partition coefficient (Wildman–Crippen LogP) is 4.75. The minimum Gasteiger partial charge on any atom is -0.465 e. The number of amides is 1.